The molecule has 0 spiro atoms. The van der Waals surface area contributed by atoms with Crippen LogP contribution in [0.25, 0.3) is 16.0 Å². The fourth-order valence-electron chi connectivity index (χ4n) is 2.92. The van der Waals surface area contributed by atoms with Crippen molar-refractivity contribution < 1.29 is 19.0 Å². The predicted molar refractivity (Wildman–Crippen MR) is 77.1 cm³/mol. The summed E-state index contributed by atoms with van der Waals surface area (Å²) in [6.45, 7) is 3.51. The molecule has 0 amide bonds. The van der Waals surface area contributed by atoms with Crippen LogP contribution in [0.1, 0.15) is 19.4 Å². The molecule has 0 radical (unpaired) electrons. The van der Waals surface area contributed by atoms with Crippen LogP contribution in [0, 0.1) is 5.82 Å². The molecule has 0 saturated carbocycles. The normalized spacial score (nSPS) is 32.8. The Morgan fingerprint density at radius 2 is 1.95 bits per heavy atom. The van der Waals surface area contributed by atoms with E-state index in [4.69, 9.17) is 15.0 Å². The van der Waals surface area contributed by atoms with E-state index in [1.807, 2.05) is 0 Å². The third-order valence-electron chi connectivity index (χ3n) is 3.83. The molecule has 3 rings (SSSR count). The van der Waals surface area contributed by atoms with Crippen molar-refractivity contribution in [3.8, 4) is 0 Å². The van der Waals surface area contributed by atoms with Crippen molar-refractivity contribution in [1.29, 1.82) is 0 Å². The van der Waals surface area contributed by atoms with Gasteiger partial charge in [-0.05, 0) is 42.6 Å². The van der Waals surface area contributed by atoms with E-state index in [9.17, 15) is 9.50 Å². The second-order valence-electron chi connectivity index (χ2n) is 5.84. The summed E-state index contributed by atoms with van der Waals surface area (Å²) >= 11 is 0. The number of rotatable bonds is 2. The number of fused-ring (bicyclic) bond motifs is 1. The average Bonchev–Trinajstić information content (AvgIpc) is 2.79. The first-order valence-corrected chi connectivity index (χ1v) is 6.97. The summed E-state index contributed by atoms with van der Waals surface area (Å²) in [5.41, 5.74) is 10.1. The van der Waals surface area contributed by atoms with Crippen LogP contribution in [0.2, 0.25) is 0 Å². The predicted octanol–water partition coefficient (Wildman–Crippen LogP) is 2.78. The zero-order chi connectivity index (χ0) is 15.9. The highest BCUT2D eigenvalue weighted by Crippen LogP contribution is 2.41. The van der Waals surface area contributed by atoms with E-state index in [1.54, 1.807) is 32.1 Å². The summed E-state index contributed by atoms with van der Waals surface area (Å²) in [5, 5.41) is 13.9. The van der Waals surface area contributed by atoms with Crippen LogP contribution in [0.3, 0.4) is 0 Å². The van der Waals surface area contributed by atoms with Crippen LogP contribution in [-0.4, -0.2) is 35.2 Å². The lowest BCUT2D eigenvalue weighted by molar-refractivity contribution is -0.152. The molecule has 1 aliphatic heterocycles. The smallest absolute Gasteiger partial charge is 0.164 e. The lowest BCUT2D eigenvalue weighted by Gasteiger charge is -2.32. The first-order valence-electron chi connectivity index (χ1n) is 6.97. The first-order chi connectivity index (χ1) is 10.4. The first kappa shape index (κ1) is 15.0. The Hall–Kier alpha value is -1.92. The number of aliphatic hydroxyl groups excluding tert-OH is 1. The zero-order valence-electron chi connectivity index (χ0n) is 12.2. The molecule has 4 atom stereocenters. The molecule has 1 aromatic carbocycles. The summed E-state index contributed by atoms with van der Waals surface area (Å²) in [5.74, 6) is -1.20. The van der Waals surface area contributed by atoms with Crippen LogP contribution >= 0.6 is 0 Å². The number of aliphatic hydroxyl groups is 1. The summed E-state index contributed by atoms with van der Waals surface area (Å²) in [4.78, 5) is 2.77. The van der Waals surface area contributed by atoms with Gasteiger partial charge >= 0.3 is 0 Å². The summed E-state index contributed by atoms with van der Waals surface area (Å²) in [6.07, 6.45) is -0.480. The van der Waals surface area contributed by atoms with Crippen molar-refractivity contribution in [2.45, 2.75) is 44.0 Å². The van der Waals surface area contributed by atoms with Gasteiger partial charge in [0.1, 0.15) is 18.0 Å². The Morgan fingerprint density at radius 1 is 1.27 bits per heavy atom. The second-order valence-corrected chi connectivity index (χ2v) is 5.84. The van der Waals surface area contributed by atoms with Crippen LogP contribution in [0.5, 0.6) is 0 Å². The molecule has 2 aliphatic rings. The van der Waals surface area contributed by atoms with Gasteiger partial charge in [0.05, 0.1) is 12.1 Å². The van der Waals surface area contributed by atoms with Crippen molar-refractivity contribution in [3.05, 3.63) is 52.2 Å². The number of halogens is 1. The van der Waals surface area contributed by atoms with Crippen LogP contribution in [-0.2, 0) is 9.47 Å². The van der Waals surface area contributed by atoms with Crippen LogP contribution in [0.15, 0.2) is 35.5 Å². The molecule has 1 aromatic rings. The van der Waals surface area contributed by atoms with Gasteiger partial charge in [0.2, 0.25) is 0 Å². The molecular weight excluding hydrogens is 289 g/mol. The van der Waals surface area contributed by atoms with Crippen molar-refractivity contribution in [1.82, 2.24) is 0 Å². The SMILES string of the molecule is CC1(C)O[C@H]2[C@H](O)[C@@H](N=[N+]=[N-])C=C(c3ccc(F)cc3)[C@H]2O1. The van der Waals surface area contributed by atoms with Gasteiger partial charge in [-0.25, -0.2) is 4.39 Å². The van der Waals surface area contributed by atoms with Gasteiger partial charge in [0.25, 0.3) is 0 Å². The van der Waals surface area contributed by atoms with Gasteiger partial charge in [-0.2, -0.15) is 0 Å². The lowest BCUT2D eigenvalue weighted by Crippen LogP contribution is -2.45. The summed E-state index contributed by atoms with van der Waals surface area (Å²) < 4.78 is 24.7. The van der Waals surface area contributed by atoms with Gasteiger partial charge in [-0.15, -0.1) is 0 Å². The molecule has 1 saturated heterocycles. The standard InChI is InChI=1S/C15H16FN3O3/c1-15(2)21-13-10(8-3-5-9(16)6-4-8)7-11(18-19-17)12(20)14(13)22-15/h3-7,11-14,20H,1-2H3/t11-,12+,13+,14-/m0/s1. The van der Waals surface area contributed by atoms with Crippen molar-refractivity contribution in [3.63, 3.8) is 0 Å². The number of hydrogen-bond donors (Lipinski definition) is 1. The average molecular weight is 305 g/mol. The topological polar surface area (TPSA) is 87.5 Å². The highest BCUT2D eigenvalue weighted by molar-refractivity contribution is 5.72. The summed E-state index contributed by atoms with van der Waals surface area (Å²) in [7, 11) is 0. The van der Waals surface area contributed by atoms with E-state index < -0.39 is 30.1 Å². The maximum Gasteiger partial charge on any atom is 0.164 e. The Kier molecular flexibility index (Phi) is 3.66. The van der Waals surface area contributed by atoms with E-state index in [0.29, 0.717) is 0 Å². The van der Waals surface area contributed by atoms with Gasteiger partial charge in [0, 0.05) is 4.91 Å². The zero-order valence-corrected chi connectivity index (χ0v) is 12.2. The molecule has 1 N–H and O–H groups in total. The number of benzene rings is 1. The molecule has 0 unspecified atom stereocenters. The third-order valence-corrected chi connectivity index (χ3v) is 3.83. The third kappa shape index (κ3) is 2.60. The molecule has 1 heterocycles. The molecule has 0 bridgehead atoms. The van der Waals surface area contributed by atoms with E-state index in [0.717, 1.165) is 11.1 Å². The Morgan fingerprint density at radius 3 is 2.59 bits per heavy atom. The minimum Gasteiger partial charge on any atom is -0.390 e. The second kappa shape index (κ2) is 5.37. The monoisotopic (exact) mass is 305 g/mol. The molecule has 0 aromatic heterocycles. The fraction of sp³-hybridized carbons (Fsp3) is 0.467. The maximum absolute atomic E-state index is 13.1. The molecule has 116 valence electrons. The van der Waals surface area contributed by atoms with Crippen LogP contribution < -0.4 is 0 Å². The number of nitrogens with zero attached hydrogens (tertiary/aromatic N) is 3. The number of hydrogen-bond acceptors (Lipinski definition) is 4. The lowest BCUT2D eigenvalue weighted by atomic mass is 9.85. The molecule has 1 fully saturated rings. The van der Waals surface area contributed by atoms with E-state index >= 15 is 0 Å². The Bertz CT molecular complexity index is 653. The maximum atomic E-state index is 13.1. The minimum atomic E-state index is -0.994. The quantitative estimate of drug-likeness (QED) is 0.517. The molecule has 6 nitrogen and oxygen atoms in total. The highest BCUT2D eigenvalue weighted by Gasteiger charge is 2.50. The van der Waals surface area contributed by atoms with E-state index in [1.165, 1.54) is 12.1 Å². The van der Waals surface area contributed by atoms with Crippen molar-refractivity contribution in [2.24, 2.45) is 5.11 Å². The van der Waals surface area contributed by atoms with Gasteiger partial charge in [-0.1, -0.05) is 23.3 Å². The highest BCUT2D eigenvalue weighted by atomic mass is 19.1. The van der Waals surface area contributed by atoms with Gasteiger partial charge in [0.15, 0.2) is 5.79 Å². The van der Waals surface area contributed by atoms with E-state index in [-0.39, 0.29) is 5.82 Å². The summed E-state index contributed by atoms with van der Waals surface area (Å²) in [6, 6.07) is 5.18. The number of ether oxygens (including phenoxy) is 2. The molecular formula is C15H16FN3O3. The van der Waals surface area contributed by atoms with Gasteiger partial charge < -0.3 is 14.6 Å². The number of azide groups is 1. The Labute approximate surface area is 126 Å². The Balaban J connectivity index is 2.06. The van der Waals surface area contributed by atoms with E-state index in [2.05, 4.69) is 10.0 Å². The van der Waals surface area contributed by atoms with Crippen molar-refractivity contribution in [2.75, 3.05) is 0 Å². The largest absolute Gasteiger partial charge is 0.390 e. The van der Waals surface area contributed by atoms with Gasteiger partial charge in [-0.3, -0.25) is 0 Å². The molecule has 22 heavy (non-hydrogen) atoms. The van der Waals surface area contributed by atoms with Crippen molar-refractivity contribution >= 4 is 5.57 Å². The molecule has 7 heteroatoms. The molecule has 1 aliphatic carbocycles. The van der Waals surface area contributed by atoms with Crippen LogP contribution in [0.4, 0.5) is 4.39 Å². The minimum absolute atomic E-state index is 0.340. The fourth-order valence-corrected chi connectivity index (χ4v) is 2.92.